The van der Waals surface area contributed by atoms with Crippen LogP contribution in [0.25, 0.3) is 11.0 Å². The van der Waals surface area contributed by atoms with Crippen LogP contribution in [-0.4, -0.2) is 36.5 Å². The second-order valence-corrected chi connectivity index (χ2v) is 6.14. The Labute approximate surface area is 131 Å². The summed E-state index contributed by atoms with van der Waals surface area (Å²) in [5.74, 6) is 0.375. The van der Waals surface area contributed by atoms with Crippen molar-refractivity contribution in [1.82, 2.24) is 10.2 Å². The number of piperidine rings is 1. The van der Waals surface area contributed by atoms with Gasteiger partial charge >= 0.3 is 0 Å². The summed E-state index contributed by atoms with van der Waals surface area (Å²) >= 11 is 0. The minimum Gasteiger partial charge on any atom is -0.451 e. The molecule has 4 nitrogen and oxygen atoms in total. The Bertz CT molecular complexity index is 654. The number of fused-ring (bicyclic) bond motifs is 1. The molecule has 3 rings (SSSR count). The fourth-order valence-corrected chi connectivity index (χ4v) is 3.26. The third kappa shape index (κ3) is 3.02. The van der Waals surface area contributed by atoms with Gasteiger partial charge in [-0.2, -0.15) is 0 Å². The van der Waals surface area contributed by atoms with Crippen LogP contribution in [-0.2, 0) is 0 Å². The molecule has 22 heavy (non-hydrogen) atoms. The number of furan rings is 1. The summed E-state index contributed by atoms with van der Waals surface area (Å²) in [6.45, 7) is 7.45. The number of carbonyl (C=O) groups is 1. The van der Waals surface area contributed by atoms with Gasteiger partial charge in [0, 0.05) is 30.1 Å². The van der Waals surface area contributed by atoms with Gasteiger partial charge in [0.05, 0.1) is 0 Å². The molecule has 118 valence electrons. The highest BCUT2D eigenvalue weighted by atomic mass is 16.3. The maximum atomic E-state index is 12.5. The van der Waals surface area contributed by atoms with Crippen LogP contribution >= 0.6 is 0 Å². The number of hydrogen-bond donors (Lipinski definition) is 1. The Morgan fingerprint density at radius 3 is 2.73 bits per heavy atom. The van der Waals surface area contributed by atoms with Crippen LogP contribution in [0.1, 0.15) is 42.3 Å². The van der Waals surface area contributed by atoms with Crippen molar-refractivity contribution in [3.63, 3.8) is 0 Å². The molecule has 1 fully saturated rings. The Morgan fingerprint density at radius 1 is 1.32 bits per heavy atom. The first-order chi connectivity index (χ1) is 10.7. The van der Waals surface area contributed by atoms with Gasteiger partial charge in [-0.25, -0.2) is 0 Å². The van der Waals surface area contributed by atoms with Crippen LogP contribution in [0.3, 0.4) is 0 Å². The van der Waals surface area contributed by atoms with Crippen LogP contribution < -0.4 is 5.32 Å². The quantitative estimate of drug-likeness (QED) is 0.942. The van der Waals surface area contributed by atoms with Gasteiger partial charge in [0.15, 0.2) is 5.76 Å². The molecule has 4 heteroatoms. The normalized spacial score (nSPS) is 17.0. The van der Waals surface area contributed by atoms with E-state index in [0.29, 0.717) is 5.76 Å². The fourth-order valence-electron chi connectivity index (χ4n) is 3.26. The number of carbonyl (C=O) groups excluding carboxylic acids is 1. The van der Waals surface area contributed by atoms with E-state index in [1.165, 1.54) is 6.42 Å². The van der Waals surface area contributed by atoms with Gasteiger partial charge in [-0.3, -0.25) is 4.79 Å². The van der Waals surface area contributed by atoms with E-state index in [1.54, 1.807) is 0 Å². The van der Waals surface area contributed by atoms with Crippen molar-refractivity contribution in [2.24, 2.45) is 0 Å². The number of para-hydroxylation sites is 1. The van der Waals surface area contributed by atoms with E-state index in [2.05, 4.69) is 17.1 Å². The molecule has 1 aromatic heterocycles. The van der Waals surface area contributed by atoms with Crippen LogP contribution in [0, 0.1) is 6.92 Å². The minimum atomic E-state index is -0.0809. The van der Waals surface area contributed by atoms with Crippen molar-refractivity contribution >= 4 is 16.9 Å². The topological polar surface area (TPSA) is 45.5 Å². The molecule has 0 radical (unpaired) electrons. The van der Waals surface area contributed by atoms with Crippen LogP contribution in [0.5, 0.6) is 0 Å². The van der Waals surface area contributed by atoms with Crippen molar-refractivity contribution in [2.75, 3.05) is 19.6 Å². The van der Waals surface area contributed by atoms with E-state index in [9.17, 15) is 4.79 Å². The molecule has 0 unspecified atom stereocenters. The van der Waals surface area contributed by atoms with Crippen molar-refractivity contribution in [2.45, 2.75) is 39.2 Å². The third-order valence-corrected chi connectivity index (χ3v) is 4.51. The summed E-state index contributed by atoms with van der Waals surface area (Å²) < 4.78 is 5.74. The molecular weight excluding hydrogens is 276 g/mol. The predicted molar refractivity (Wildman–Crippen MR) is 88.2 cm³/mol. The number of hydrogen-bond acceptors (Lipinski definition) is 3. The summed E-state index contributed by atoms with van der Waals surface area (Å²) in [5.41, 5.74) is 1.71. The minimum absolute atomic E-state index is 0.0809. The van der Waals surface area contributed by atoms with E-state index < -0.39 is 0 Å². The molecule has 1 aliphatic heterocycles. The number of aryl methyl sites for hydroxylation is 1. The molecular formula is C18H24N2O2. The highest BCUT2D eigenvalue weighted by Crippen LogP contribution is 2.25. The highest BCUT2D eigenvalue weighted by Gasteiger charge is 2.23. The Kier molecular flexibility index (Phi) is 4.48. The lowest BCUT2D eigenvalue weighted by Crippen LogP contribution is -2.44. The van der Waals surface area contributed by atoms with Gasteiger partial charge < -0.3 is 14.6 Å². The SMILES string of the molecule is CCCN1CCC(NC(=O)c2oc3ccccc3c2C)CC1. The van der Waals surface area contributed by atoms with Crippen molar-refractivity contribution in [3.05, 3.63) is 35.6 Å². The lowest BCUT2D eigenvalue weighted by Gasteiger charge is -2.31. The number of nitrogens with zero attached hydrogens (tertiary/aromatic N) is 1. The zero-order valence-corrected chi connectivity index (χ0v) is 13.4. The maximum Gasteiger partial charge on any atom is 0.287 e. The molecule has 1 N–H and O–H groups in total. The largest absolute Gasteiger partial charge is 0.451 e. The zero-order valence-electron chi connectivity index (χ0n) is 13.4. The van der Waals surface area contributed by atoms with E-state index in [1.807, 2.05) is 31.2 Å². The molecule has 0 bridgehead atoms. The standard InChI is InChI=1S/C18H24N2O2/c1-3-10-20-11-8-14(9-12-20)19-18(21)17-13(2)15-6-4-5-7-16(15)22-17/h4-7,14H,3,8-12H2,1-2H3,(H,19,21). The molecule has 2 aromatic rings. The monoisotopic (exact) mass is 300 g/mol. The first-order valence-electron chi connectivity index (χ1n) is 8.20. The first-order valence-corrected chi connectivity index (χ1v) is 8.20. The van der Waals surface area contributed by atoms with Crippen LogP contribution in [0.4, 0.5) is 0 Å². The lowest BCUT2D eigenvalue weighted by molar-refractivity contribution is 0.0884. The summed E-state index contributed by atoms with van der Waals surface area (Å²) in [5, 5.41) is 4.16. The summed E-state index contributed by atoms with van der Waals surface area (Å²) in [7, 11) is 0. The van der Waals surface area contributed by atoms with E-state index in [0.717, 1.165) is 49.0 Å². The van der Waals surface area contributed by atoms with Gasteiger partial charge in [0.2, 0.25) is 0 Å². The van der Waals surface area contributed by atoms with E-state index >= 15 is 0 Å². The van der Waals surface area contributed by atoms with Gasteiger partial charge in [-0.15, -0.1) is 0 Å². The van der Waals surface area contributed by atoms with Gasteiger partial charge in [0.1, 0.15) is 5.58 Å². The third-order valence-electron chi connectivity index (χ3n) is 4.51. The fraction of sp³-hybridized carbons (Fsp3) is 0.500. The molecule has 1 amide bonds. The highest BCUT2D eigenvalue weighted by molar-refractivity contribution is 5.99. The van der Waals surface area contributed by atoms with Gasteiger partial charge in [-0.1, -0.05) is 25.1 Å². The van der Waals surface area contributed by atoms with E-state index in [-0.39, 0.29) is 11.9 Å². The Morgan fingerprint density at radius 2 is 2.05 bits per heavy atom. The molecule has 0 aliphatic carbocycles. The Hall–Kier alpha value is -1.81. The van der Waals surface area contributed by atoms with Crippen molar-refractivity contribution in [1.29, 1.82) is 0 Å². The molecule has 2 heterocycles. The van der Waals surface area contributed by atoms with E-state index in [4.69, 9.17) is 4.42 Å². The van der Waals surface area contributed by atoms with Crippen LogP contribution in [0.2, 0.25) is 0 Å². The number of rotatable bonds is 4. The summed E-state index contributed by atoms with van der Waals surface area (Å²) in [6.07, 6.45) is 3.23. The zero-order chi connectivity index (χ0) is 15.5. The lowest BCUT2D eigenvalue weighted by atomic mass is 10.0. The number of likely N-dealkylation sites (tertiary alicyclic amines) is 1. The number of amides is 1. The average molecular weight is 300 g/mol. The second kappa shape index (κ2) is 6.53. The molecule has 1 saturated heterocycles. The first kappa shape index (κ1) is 15.1. The maximum absolute atomic E-state index is 12.5. The van der Waals surface area contributed by atoms with Crippen molar-refractivity contribution < 1.29 is 9.21 Å². The summed E-state index contributed by atoms with van der Waals surface area (Å²) in [4.78, 5) is 15.0. The Balaban J connectivity index is 1.65. The smallest absolute Gasteiger partial charge is 0.287 e. The molecule has 1 aromatic carbocycles. The number of nitrogens with one attached hydrogen (secondary N) is 1. The number of benzene rings is 1. The van der Waals surface area contributed by atoms with Crippen molar-refractivity contribution in [3.8, 4) is 0 Å². The molecule has 0 atom stereocenters. The molecule has 1 aliphatic rings. The second-order valence-electron chi connectivity index (χ2n) is 6.14. The molecule has 0 saturated carbocycles. The van der Waals surface area contributed by atoms with Gasteiger partial charge in [-0.05, 0) is 38.8 Å². The molecule has 0 spiro atoms. The average Bonchev–Trinajstić information content (AvgIpc) is 2.87. The predicted octanol–water partition coefficient (Wildman–Crippen LogP) is 3.35. The summed E-state index contributed by atoms with van der Waals surface area (Å²) in [6, 6.07) is 8.05. The van der Waals surface area contributed by atoms with Gasteiger partial charge in [0.25, 0.3) is 5.91 Å². The van der Waals surface area contributed by atoms with Crippen LogP contribution in [0.15, 0.2) is 28.7 Å².